The molecule has 0 spiro atoms. The summed E-state index contributed by atoms with van der Waals surface area (Å²) in [5, 5.41) is 0.536. The minimum atomic E-state index is 0.0632. The van der Waals surface area contributed by atoms with Crippen molar-refractivity contribution in [3.05, 3.63) is 23.2 Å². The SMILES string of the molecule is COc1cccc(Cl)c1N1CC(Br)CC1=O. The van der Waals surface area contributed by atoms with Crippen LogP contribution >= 0.6 is 27.5 Å². The maximum Gasteiger partial charge on any atom is 0.228 e. The molecular formula is C11H11BrClNO2. The first-order valence-corrected chi connectivity index (χ1v) is 6.19. The van der Waals surface area contributed by atoms with Crippen LogP contribution in [-0.2, 0) is 4.79 Å². The van der Waals surface area contributed by atoms with Gasteiger partial charge in [0.25, 0.3) is 0 Å². The van der Waals surface area contributed by atoms with Crippen molar-refractivity contribution in [2.45, 2.75) is 11.2 Å². The number of alkyl halides is 1. The molecule has 1 amide bonds. The molecule has 0 aliphatic carbocycles. The Labute approximate surface area is 107 Å². The molecule has 3 nitrogen and oxygen atoms in total. The van der Waals surface area contributed by atoms with Crippen LogP contribution in [0.3, 0.4) is 0 Å². The van der Waals surface area contributed by atoms with Gasteiger partial charge in [0, 0.05) is 17.8 Å². The van der Waals surface area contributed by atoms with Crippen LogP contribution in [-0.4, -0.2) is 24.4 Å². The molecule has 1 heterocycles. The predicted molar refractivity (Wildman–Crippen MR) is 67.7 cm³/mol. The summed E-state index contributed by atoms with van der Waals surface area (Å²) in [7, 11) is 1.57. The van der Waals surface area contributed by atoms with Gasteiger partial charge >= 0.3 is 0 Å². The lowest BCUT2D eigenvalue weighted by atomic mass is 10.2. The molecule has 0 saturated carbocycles. The fourth-order valence-corrected chi connectivity index (χ4v) is 2.64. The van der Waals surface area contributed by atoms with Gasteiger partial charge in [0.05, 0.1) is 12.1 Å². The summed E-state index contributed by atoms with van der Waals surface area (Å²) < 4.78 is 5.23. The number of para-hydroxylation sites is 1. The highest BCUT2D eigenvalue weighted by molar-refractivity contribution is 9.09. The monoisotopic (exact) mass is 303 g/mol. The van der Waals surface area contributed by atoms with Crippen LogP contribution in [0.2, 0.25) is 5.02 Å². The minimum Gasteiger partial charge on any atom is -0.495 e. The predicted octanol–water partition coefficient (Wildman–Crippen LogP) is 2.85. The molecule has 1 unspecified atom stereocenters. The summed E-state index contributed by atoms with van der Waals surface area (Å²) in [5.74, 6) is 0.690. The second-order valence-corrected chi connectivity index (χ2v) is 5.30. The quantitative estimate of drug-likeness (QED) is 0.786. The molecule has 16 heavy (non-hydrogen) atoms. The van der Waals surface area contributed by atoms with E-state index in [1.54, 1.807) is 30.2 Å². The summed E-state index contributed by atoms with van der Waals surface area (Å²) >= 11 is 9.55. The second kappa shape index (κ2) is 4.63. The normalized spacial score (nSPS) is 20.3. The lowest BCUT2D eigenvalue weighted by Crippen LogP contribution is -2.25. The Balaban J connectivity index is 2.43. The average molecular weight is 305 g/mol. The van der Waals surface area contributed by atoms with E-state index in [0.29, 0.717) is 29.4 Å². The van der Waals surface area contributed by atoms with E-state index in [-0.39, 0.29) is 10.7 Å². The highest BCUT2D eigenvalue weighted by Crippen LogP contribution is 2.38. The molecule has 0 radical (unpaired) electrons. The van der Waals surface area contributed by atoms with Crippen molar-refractivity contribution in [1.82, 2.24) is 0 Å². The molecule has 1 aliphatic heterocycles. The first-order valence-electron chi connectivity index (χ1n) is 4.90. The molecule has 86 valence electrons. The van der Waals surface area contributed by atoms with Gasteiger partial charge in [-0.2, -0.15) is 0 Å². The van der Waals surface area contributed by atoms with Crippen molar-refractivity contribution >= 4 is 39.1 Å². The van der Waals surface area contributed by atoms with E-state index in [9.17, 15) is 4.79 Å². The Morgan fingerprint density at radius 2 is 2.31 bits per heavy atom. The summed E-state index contributed by atoms with van der Waals surface area (Å²) in [6.45, 7) is 0.624. The van der Waals surface area contributed by atoms with Gasteiger partial charge in [0.2, 0.25) is 5.91 Å². The van der Waals surface area contributed by atoms with Crippen molar-refractivity contribution in [2.24, 2.45) is 0 Å². The number of methoxy groups -OCH3 is 1. The Hall–Kier alpha value is -0.740. The van der Waals surface area contributed by atoms with E-state index >= 15 is 0 Å². The van der Waals surface area contributed by atoms with Gasteiger partial charge in [-0.1, -0.05) is 33.6 Å². The standard InChI is InChI=1S/C11H11BrClNO2/c1-16-9-4-2-3-8(13)11(9)14-6-7(12)5-10(14)15/h2-4,7H,5-6H2,1H3. The molecule has 0 bridgehead atoms. The van der Waals surface area contributed by atoms with Gasteiger partial charge in [0.1, 0.15) is 11.4 Å². The van der Waals surface area contributed by atoms with Crippen LogP contribution in [0.5, 0.6) is 5.75 Å². The van der Waals surface area contributed by atoms with Crippen LogP contribution < -0.4 is 9.64 Å². The largest absolute Gasteiger partial charge is 0.495 e. The first kappa shape index (κ1) is 11.7. The number of hydrogen-bond acceptors (Lipinski definition) is 2. The molecule has 0 aromatic heterocycles. The maximum atomic E-state index is 11.8. The molecule has 1 fully saturated rings. The molecule has 1 aliphatic rings. The number of anilines is 1. The number of carbonyl (C=O) groups is 1. The van der Waals surface area contributed by atoms with Gasteiger partial charge in [-0.15, -0.1) is 0 Å². The third kappa shape index (κ3) is 2.04. The lowest BCUT2D eigenvalue weighted by molar-refractivity contribution is -0.117. The summed E-state index contributed by atoms with van der Waals surface area (Å²) in [6.07, 6.45) is 0.494. The van der Waals surface area contributed by atoms with Gasteiger partial charge in [-0.3, -0.25) is 4.79 Å². The average Bonchev–Trinajstić information content (AvgIpc) is 2.57. The molecule has 1 atom stereocenters. The van der Waals surface area contributed by atoms with Crippen molar-refractivity contribution in [2.75, 3.05) is 18.6 Å². The second-order valence-electron chi connectivity index (χ2n) is 3.60. The fraction of sp³-hybridized carbons (Fsp3) is 0.364. The number of halogens is 2. The maximum absolute atomic E-state index is 11.8. The Bertz CT molecular complexity index is 424. The zero-order chi connectivity index (χ0) is 11.7. The smallest absolute Gasteiger partial charge is 0.228 e. The van der Waals surface area contributed by atoms with Crippen molar-refractivity contribution in [1.29, 1.82) is 0 Å². The fourth-order valence-electron chi connectivity index (χ4n) is 1.80. The van der Waals surface area contributed by atoms with Crippen molar-refractivity contribution < 1.29 is 9.53 Å². The Kier molecular flexibility index (Phi) is 3.40. The molecule has 5 heteroatoms. The Morgan fingerprint density at radius 1 is 1.56 bits per heavy atom. The topological polar surface area (TPSA) is 29.5 Å². The van der Waals surface area contributed by atoms with Crippen LogP contribution in [0, 0.1) is 0 Å². The number of ether oxygens (including phenoxy) is 1. The highest BCUT2D eigenvalue weighted by atomic mass is 79.9. The van der Waals surface area contributed by atoms with E-state index in [2.05, 4.69) is 15.9 Å². The zero-order valence-corrected chi connectivity index (χ0v) is 11.1. The van der Waals surface area contributed by atoms with Crippen LogP contribution in [0.4, 0.5) is 5.69 Å². The summed E-state index contributed by atoms with van der Waals surface area (Å²) in [5.41, 5.74) is 0.665. The van der Waals surface area contributed by atoms with E-state index in [1.165, 1.54) is 0 Å². The van der Waals surface area contributed by atoms with Crippen molar-refractivity contribution in [3.63, 3.8) is 0 Å². The van der Waals surface area contributed by atoms with E-state index in [4.69, 9.17) is 16.3 Å². The van der Waals surface area contributed by atoms with Gasteiger partial charge in [-0.05, 0) is 12.1 Å². The number of carbonyl (C=O) groups excluding carboxylic acids is 1. The van der Waals surface area contributed by atoms with Crippen molar-refractivity contribution in [3.8, 4) is 5.75 Å². The number of rotatable bonds is 2. The van der Waals surface area contributed by atoms with Crippen LogP contribution in [0.25, 0.3) is 0 Å². The molecule has 0 N–H and O–H groups in total. The van der Waals surface area contributed by atoms with Crippen LogP contribution in [0.15, 0.2) is 18.2 Å². The van der Waals surface area contributed by atoms with E-state index < -0.39 is 0 Å². The molecule has 1 saturated heterocycles. The van der Waals surface area contributed by atoms with Gasteiger partial charge in [0.15, 0.2) is 0 Å². The van der Waals surface area contributed by atoms with E-state index in [0.717, 1.165) is 0 Å². The van der Waals surface area contributed by atoms with Gasteiger partial charge in [-0.25, -0.2) is 0 Å². The summed E-state index contributed by atoms with van der Waals surface area (Å²) in [6, 6.07) is 5.36. The third-order valence-electron chi connectivity index (χ3n) is 2.52. The molecular weight excluding hydrogens is 293 g/mol. The number of hydrogen-bond donors (Lipinski definition) is 0. The number of nitrogens with zero attached hydrogens (tertiary/aromatic N) is 1. The minimum absolute atomic E-state index is 0.0632. The first-order chi connectivity index (χ1) is 7.63. The van der Waals surface area contributed by atoms with Crippen LogP contribution in [0.1, 0.15) is 6.42 Å². The number of benzene rings is 1. The lowest BCUT2D eigenvalue weighted by Gasteiger charge is -2.20. The molecule has 1 aromatic rings. The third-order valence-corrected chi connectivity index (χ3v) is 3.44. The zero-order valence-electron chi connectivity index (χ0n) is 8.74. The molecule has 1 aromatic carbocycles. The highest BCUT2D eigenvalue weighted by Gasteiger charge is 2.31. The van der Waals surface area contributed by atoms with E-state index in [1.807, 2.05) is 0 Å². The molecule has 2 rings (SSSR count). The number of amides is 1. The Morgan fingerprint density at radius 3 is 2.88 bits per heavy atom. The van der Waals surface area contributed by atoms with Gasteiger partial charge < -0.3 is 9.64 Å². The summed E-state index contributed by atoms with van der Waals surface area (Å²) in [4.78, 5) is 13.6.